The van der Waals surface area contributed by atoms with E-state index in [0.717, 1.165) is 19.3 Å². The van der Waals surface area contributed by atoms with E-state index in [0.29, 0.717) is 32.7 Å². The van der Waals surface area contributed by atoms with Gasteiger partial charge in [-0.2, -0.15) is 0 Å². The molecule has 1 saturated heterocycles. The third-order valence-corrected chi connectivity index (χ3v) is 4.93. The zero-order valence-electron chi connectivity index (χ0n) is 13.7. The summed E-state index contributed by atoms with van der Waals surface area (Å²) in [6, 6.07) is 3.85. The van der Waals surface area contributed by atoms with Gasteiger partial charge in [0.1, 0.15) is 11.6 Å². The predicted molar refractivity (Wildman–Crippen MR) is 86.4 cm³/mol. The molecule has 2 atom stereocenters. The molecule has 132 valence electrons. The molecule has 1 aliphatic carbocycles. The molecule has 2 fully saturated rings. The lowest BCUT2D eigenvalue weighted by Gasteiger charge is -2.32. The Labute approximate surface area is 141 Å². The first-order chi connectivity index (χ1) is 11.6. The normalized spacial score (nSPS) is 24.2. The second kappa shape index (κ2) is 7.57. The summed E-state index contributed by atoms with van der Waals surface area (Å²) in [5.41, 5.74) is 5.51. The van der Waals surface area contributed by atoms with Crippen LogP contribution < -0.4 is 5.73 Å². The zero-order valence-corrected chi connectivity index (χ0v) is 13.7. The molecule has 1 amide bonds. The van der Waals surface area contributed by atoms with Crippen molar-refractivity contribution in [3.05, 3.63) is 35.4 Å². The monoisotopic (exact) mass is 338 g/mol. The summed E-state index contributed by atoms with van der Waals surface area (Å²) in [6.45, 7) is 2.57. The number of carbonyl (C=O) groups excluding carboxylic acids is 1. The van der Waals surface area contributed by atoms with Crippen LogP contribution in [0, 0.1) is 17.6 Å². The number of carbonyl (C=O) groups is 1. The zero-order chi connectivity index (χ0) is 17.1. The Hall–Kier alpha value is -1.53. The first-order valence-electron chi connectivity index (χ1n) is 8.66. The number of piperidine rings is 1. The molecule has 1 aliphatic heterocycles. The third kappa shape index (κ3) is 3.75. The number of benzene rings is 1. The Morgan fingerprint density at radius 1 is 1.25 bits per heavy atom. The standard InChI is InChI=1S/C18H24F2N2O2/c19-15-3-1-4-16(20)17(15)13-11-14(13)18(23)22-8-5-12(6-9-22)24-10-2-7-21/h1,3-4,12-14H,2,5-11,21H2. The van der Waals surface area contributed by atoms with Crippen molar-refractivity contribution in [1.29, 1.82) is 0 Å². The van der Waals surface area contributed by atoms with Gasteiger partial charge < -0.3 is 15.4 Å². The number of hydrogen-bond donors (Lipinski definition) is 1. The molecule has 1 aromatic carbocycles. The lowest BCUT2D eigenvalue weighted by molar-refractivity contribution is -0.135. The Morgan fingerprint density at radius 3 is 2.54 bits per heavy atom. The van der Waals surface area contributed by atoms with Gasteiger partial charge in [-0.05, 0) is 44.4 Å². The van der Waals surface area contributed by atoms with Crippen molar-refractivity contribution in [1.82, 2.24) is 4.90 Å². The molecule has 0 aromatic heterocycles. The Bertz CT molecular complexity index is 568. The van der Waals surface area contributed by atoms with E-state index in [2.05, 4.69) is 0 Å². The van der Waals surface area contributed by atoms with Crippen molar-refractivity contribution in [2.75, 3.05) is 26.2 Å². The van der Waals surface area contributed by atoms with Crippen molar-refractivity contribution < 1.29 is 18.3 Å². The van der Waals surface area contributed by atoms with Gasteiger partial charge in [0, 0.05) is 37.1 Å². The molecule has 6 heteroatoms. The van der Waals surface area contributed by atoms with E-state index >= 15 is 0 Å². The molecule has 4 nitrogen and oxygen atoms in total. The van der Waals surface area contributed by atoms with Crippen LogP contribution in [0.1, 0.15) is 37.2 Å². The maximum atomic E-state index is 13.8. The fourth-order valence-corrected chi connectivity index (χ4v) is 3.46. The number of amides is 1. The van der Waals surface area contributed by atoms with Crippen LogP contribution >= 0.6 is 0 Å². The highest BCUT2D eigenvalue weighted by Crippen LogP contribution is 2.50. The molecular weight excluding hydrogens is 314 g/mol. The van der Waals surface area contributed by atoms with Crippen molar-refractivity contribution in [2.24, 2.45) is 11.7 Å². The van der Waals surface area contributed by atoms with Gasteiger partial charge in [-0.15, -0.1) is 0 Å². The second-order valence-electron chi connectivity index (χ2n) is 6.62. The molecule has 3 rings (SSSR count). The van der Waals surface area contributed by atoms with Gasteiger partial charge in [0.25, 0.3) is 0 Å². The van der Waals surface area contributed by atoms with E-state index in [9.17, 15) is 13.6 Å². The first-order valence-corrected chi connectivity index (χ1v) is 8.66. The SMILES string of the molecule is NCCCOC1CCN(C(=O)C2CC2c2c(F)cccc2F)CC1. The van der Waals surface area contributed by atoms with Crippen LogP contribution in [0.2, 0.25) is 0 Å². The summed E-state index contributed by atoms with van der Waals surface area (Å²) in [7, 11) is 0. The summed E-state index contributed by atoms with van der Waals surface area (Å²) < 4.78 is 33.4. The van der Waals surface area contributed by atoms with Gasteiger partial charge in [-0.3, -0.25) is 4.79 Å². The van der Waals surface area contributed by atoms with Crippen molar-refractivity contribution in [3.63, 3.8) is 0 Å². The van der Waals surface area contributed by atoms with Gasteiger partial charge >= 0.3 is 0 Å². The number of ether oxygens (including phenoxy) is 1. The molecule has 1 heterocycles. The van der Waals surface area contributed by atoms with Crippen LogP contribution in [0.3, 0.4) is 0 Å². The summed E-state index contributed by atoms with van der Waals surface area (Å²) in [4.78, 5) is 14.4. The van der Waals surface area contributed by atoms with E-state index < -0.39 is 11.6 Å². The van der Waals surface area contributed by atoms with E-state index in [1.54, 1.807) is 0 Å². The van der Waals surface area contributed by atoms with Gasteiger partial charge in [0.15, 0.2) is 0 Å². The quantitative estimate of drug-likeness (QED) is 0.811. The minimum Gasteiger partial charge on any atom is -0.378 e. The smallest absolute Gasteiger partial charge is 0.226 e. The number of rotatable bonds is 6. The minimum atomic E-state index is -0.553. The lowest BCUT2D eigenvalue weighted by Crippen LogP contribution is -2.42. The molecule has 0 bridgehead atoms. The molecule has 2 unspecified atom stereocenters. The Kier molecular flexibility index (Phi) is 5.46. The maximum Gasteiger partial charge on any atom is 0.226 e. The fourth-order valence-electron chi connectivity index (χ4n) is 3.46. The summed E-state index contributed by atoms with van der Waals surface area (Å²) in [5, 5.41) is 0. The average Bonchev–Trinajstić information content (AvgIpc) is 3.35. The topological polar surface area (TPSA) is 55.6 Å². The van der Waals surface area contributed by atoms with Gasteiger partial charge in [0.2, 0.25) is 5.91 Å². The van der Waals surface area contributed by atoms with Crippen LogP contribution in [-0.4, -0.2) is 43.2 Å². The summed E-state index contributed by atoms with van der Waals surface area (Å²) in [5.74, 6) is -1.70. The molecule has 1 saturated carbocycles. The Balaban J connectivity index is 1.51. The van der Waals surface area contributed by atoms with E-state index in [4.69, 9.17) is 10.5 Å². The molecule has 0 spiro atoms. The van der Waals surface area contributed by atoms with Gasteiger partial charge in [0.05, 0.1) is 6.10 Å². The van der Waals surface area contributed by atoms with E-state index in [1.807, 2.05) is 4.90 Å². The molecule has 0 radical (unpaired) electrons. The molecule has 2 N–H and O–H groups in total. The maximum absolute atomic E-state index is 13.8. The lowest BCUT2D eigenvalue weighted by atomic mass is 10.0. The molecule has 1 aromatic rings. The largest absolute Gasteiger partial charge is 0.378 e. The van der Waals surface area contributed by atoms with Crippen LogP contribution in [0.15, 0.2) is 18.2 Å². The summed E-state index contributed by atoms with van der Waals surface area (Å²) >= 11 is 0. The third-order valence-electron chi connectivity index (χ3n) is 4.93. The van der Waals surface area contributed by atoms with Crippen molar-refractivity contribution in [3.8, 4) is 0 Å². The van der Waals surface area contributed by atoms with Crippen LogP contribution in [0.4, 0.5) is 8.78 Å². The number of nitrogens with zero attached hydrogens (tertiary/aromatic N) is 1. The average molecular weight is 338 g/mol. The minimum absolute atomic E-state index is 0.0167. The summed E-state index contributed by atoms with van der Waals surface area (Å²) in [6.07, 6.45) is 3.17. The van der Waals surface area contributed by atoms with Crippen molar-refractivity contribution >= 4 is 5.91 Å². The van der Waals surface area contributed by atoms with E-state index in [-0.39, 0.29) is 29.4 Å². The predicted octanol–water partition coefficient (Wildman–Crippen LogP) is 2.42. The van der Waals surface area contributed by atoms with E-state index in [1.165, 1.54) is 18.2 Å². The number of halogens is 2. The fraction of sp³-hybridized carbons (Fsp3) is 0.611. The van der Waals surface area contributed by atoms with Crippen LogP contribution in [0.25, 0.3) is 0 Å². The van der Waals surface area contributed by atoms with Gasteiger partial charge in [-0.25, -0.2) is 8.78 Å². The number of likely N-dealkylation sites (tertiary alicyclic amines) is 1. The highest BCUT2D eigenvalue weighted by molar-refractivity contribution is 5.83. The second-order valence-corrected chi connectivity index (χ2v) is 6.62. The number of hydrogen-bond acceptors (Lipinski definition) is 3. The Morgan fingerprint density at radius 2 is 1.92 bits per heavy atom. The highest BCUT2D eigenvalue weighted by atomic mass is 19.1. The van der Waals surface area contributed by atoms with Crippen molar-refractivity contribution in [2.45, 2.75) is 37.7 Å². The molecule has 24 heavy (non-hydrogen) atoms. The first kappa shape index (κ1) is 17.3. The molecule has 2 aliphatic rings. The van der Waals surface area contributed by atoms with Crippen LogP contribution in [-0.2, 0) is 9.53 Å². The van der Waals surface area contributed by atoms with Gasteiger partial charge in [-0.1, -0.05) is 6.07 Å². The van der Waals surface area contributed by atoms with Crippen LogP contribution in [0.5, 0.6) is 0 Å². The molecular formula is C18H24F2N2O2. The number of nitrogens with two attached hydrogens (primary N) is 1. The highest BCUT2D eigenvalue weighted by Gasteiger charge is 2.48.